The van der Waals surface area contributed by atoms with Gasteiger partial charge >= 0.3 is 35.8 Å². The lowest BCUT2D eigenvalue weighted by atomic mass is 9.92. The Labute approximate surface area is 276 Å². The number of esters is 4. The SMILES string of the molecule is CC(=O)Oc1ccc(OC(C)=O)c(C(C)c2ccccc2)c1.CC(=O)Oc1ccc(OC(C)=O)cc1.O=C(O)c1ccc(C(=O)O)cc1. The van der Waals surface area contributed by atoms with Crippen LogP contribution in [-0.2, 0) is 19.2 Å². The molecular formula is C36H34O12. The van der Waals surface area contributed by atoms with Crippen LogP contribution in [-0.4, -0.2) is 46.0 Å². The third kappa shape index (κ3) is 13.4. The molecule has 0 aliphatic rings. The molecule has 0 spiro atoms. The van der Waals surface area contributed by atoms with Gasteiger partial charge in [-0.05, 0) is 72.3 Å². The second kappa shape index (κ2) is 18.6. The zero-order valence-corrected chi connectivity index (χ0v) is 26.8. The van der Waals surface area contributed by atoms with Gasteiger partial charge in [0.25, 0.3) is 0 Å². The molecule has 4 rings (SSSR count). The molecule has 0 saturated carbocycles. The topological polar surface area (TPSA) is 180 Å². The number of hydrogen-bond donors (Lipinski definition) is 2. The van der Waals surface area contributed by atoms with Crippen LogP contribution in [0, 0.1) is 0 Å². The summed E-state index contributed by atoms with van der Waals surface area (Å²) in [7, 11) is 0. The number of carbonyl (C=O) groups is 6. The van der Waals surface area contributed by atoms with E-state index in [-0.39, 0.29) is 35.0 Å². The highest BCUT2D eigenvalue weighted by Crippen LogP contribution is 2.34. The number of hydrogen-bond acceptors (Lipinski definition) is 10. The number of benzene rings is 4. The minimum Gasteiger partial charge on any atom is -0.478 e. The number of carboxylic acids is 2. The van der Waals surface area contributed by atoms with Crippen molar-refractivity contribution < 1.29 is 57.9 Å². The molecule has 12 nitrogen and oxygen atoms in total. The molecular weight excluding hydrogens is 624 g/mol. The second-order valence-electron chi connectivity index (χ2n) is 9.87. The quantitative estimate of drug-likeness (QED) is 0.159. The van der Waals surface area contributed by atoms with E-state index in [1.54, 1.807) is 42.5 Å². The van der Waals surface area contributed by atoms with E-state index in [0.29, 0.717) is 23.0 Å². The lowest BCUT2D eigenvalue weighted by Gasteiger charge is -2.17. The lowest BCUT2D eigenvalue weighted by molar-refractivity contribution is -0.133. The maximum Gasteiger partial charge on any atom is 0.335 e. The molecule has 2 N–H and O–H groups in total. The maximum absolute atomic E-state index is 11.3. The molecule has 0 fully saturated rings. The average molecular weight is 659 g/mol. The first-order valence-corrected chi connectivity index (χ1v) is 14.3. The molecule has 0 aliphatic heterocycles. The smallest absolute Gasteiger partial charge is 0.335 e. The van der Waals surface area contributed by atoms with Crippen molar-refractivity contribution in [2.45, 2.75) is 40.5 Å². The largest absolute Gasteiger partial charge is 0.478 e. The van der Waals surface area contributed by atoms with E-state index in [1.165, 1.54) is 52.0 Å². The fourth-order valence-electron chi connectivity index (χ4n) is 3.93. The third-order valence-corrected chi connectivity index (χ3v) is 5.99. The van der Waals surface area contributed by atoms with Crippen LogP contribution in [0.4, 0.5) is 0 Å². The number of ether oxygens (including phenoxy) is 4. The first-order valence-electron chi connectivity index (χ1n) is 14.3. The average Bonchev–Trinajstić information content (AvgIpc) is 3.02. The van der Waals surface area contributed by atoms with Gasteiger partial charge in [0.05, 0.1) is 11.1 Å². The van der Waals surface area contributed by atoms with Crippen LogP contribution >= 0.6 is 0 Å². The van der Waals surface area contributed by atoms with Crippen molar-refractivity contribution in [1.29, 1.82) is 0 Å². The van der Waals surface area contributed by atoms with Crippen LogP contribution in [0.2, 0.25) is 0 Å². The minimum atomic E-state index is -1.06. The Morgan fingerprint density at radius 2 is 0.875 bits per heavy atom. The van der Waals surface area contributed by atoms with Crippen LogP contribution < -0.4 is 18.9 Å². The zero-order chi connectivity index (χ0) is 35.8. The summed E-state index contributed by atoms with van der Waals surface area (Å²) in [4.78, 5) is 64.2. The second-order valence-corrected chi connectivity index (χ2v) is 9.87. The molecule has 0 radical (unpaired) electrons. The summed E-state index contributed by atoms with van der Waals surface area (Å²) in [6, 6.07) is 26.1. The molecule has 4 aromatic carbocycles. The van der Waals surface area contributed by atoms with Crippen LogP contribution in [0.3, 0.4) is 0 Å². The van der Waals surface area contributed by atoms with Crippen LogP contribution in [0.5, 0.6) is 23.0 Å². The summed E-state index contributed by atoms with van der Waals surface area (Å²) < 4.78 is 20.0. The Morgan fingerprint density at radius 3 is 1.25 bits per heavy atom. The molecule has 0 amide bonds. The van der Waals surface area contributed by atoms with Crippen molar-refractivity contribution in [2.24, 2.45) is 0 Å². The van der Waals surface area contributed by atoms with Crippen molar-refractivity contribution in [1.82, 2.24) is 0 Å². The first kappa shape index (κ1) is 37.9. The van der Waals surface area contributed by atoms with Gasteiger partial charge in [0.15, 0.2) is 0 Å². The predicted molar refractivity (Wildman–Crippen MR) is 172 cm³/mol. The molecule has 1 atom stereocenters. The molecule has 1 unspecified atom stereocenters. The van der Waals surface area contributed by atoms with Gasteiger partial charge in [-0.1, -0.05) is 37.3 Å². The number of rotatable bonds is 8. The highest BCUT2D eigenvalue weighted by molar-refractivity contribution is 5.91. The van der Waals surface area contributed by atoms with E-state index in [0.717, 1.165) is 11.1 Å². The minimum absolute atomic E-state index is 0.00828. The Bertz CT molecular complexity index is 1660. The van der Waals surface area contributed by atoms with Gasteiger partial charge < -0.3 is 29.2 Å². The van der Waals surface area contributed by atoms with Gasteiger partial charge in [0.1, 0.15) is 23.0 Å². The van der Waals surface area contributed by atoms with Gasteiger partial charge in [0, 0.05) is 39.2 Å². The summed E-state index contributed by atoms with van der Waals surface area (Å²) in [5, 5.41) is 16.9. The predicted octanol–water partition coefficient (Wildman–Crippen LogP) is 6.31. The summed E-state index contributed by atoms with van der Waals surface area (Å²) >= 11 is 0. The fraction of sp³-hybridized carbons (Fsp3) is 0.167. The zero-order valence-electron chi connectivity index (χ0n) is 26.8. The lowest BCUT2D eigenvalue weighted by Crippen LogP contribution is -2.08. The van der Waals surface area contributed by atoms with Gasteiger partial charge in [-0.25, -0.2) is 9.59 Å². The highest BCUT2D eigenvalue weighted by atomic mass is 16.5. The Balaban J connectivity index is 0.000000266. The van der Waals surface area contributed by atoms with Gasteiger partial charge in [0.2, 0.25) is 0 Å². The third-order valence-electron chi connectivity index (χ3n) is 5.99. The van der Waals surface area contributed by atoms with Crippen molar-refractivity contribution in [3.05, 3.63) is 119 Å². The van der Waals surface area contributed by atoms with E-state index in [9.17, 15) is 28.8 Å². The van der Waals surface area contributed by atoms with E-state index in [2.05, 4.69) is 0 Å². The summed E-state index contributed by atoms with van der Waals surface area (Å²) in [6.07, 6.45) is 0. The van der Waals surface area contributed by atoms with Gasteiger partial charge in [-0.3, -0.25) is 19.2 Å². The fourth-order valence-corrected chi connectivity index (χ4v) is 3.93. The van der Waals surface area contributed by atoms with Crippen molar-refractivity contribution >= 4 is 35.8 Å². The number of carboxylic acid groups (broad SMARTS) is 2. The van der Waals surface area contributed by atoms with Crippen molar-refractivity contribution in [2.75, 3.05) is 0 Å². The molecule has 0 aliphatic carbocycles. The molecule has 48 heavy (non-hydrogen) atoms. The Kier molecular flexibility index (Phi) is 14.7. The number of aromatic carboxylic acids is 2. The van der Waals surface area contributed by atoms with Crippen LogP contribution in [0.15, 0.2) is 97.1 Å². The molecule has 0 bridgehead atoms. The van der Waals surface area contributed by atoms with E-state index in [1.807, 2.05) is 37.3 Å². The van der Waals surface area contributed by atoms with Gasteiger partial charge in [-0.2, -0.15) is 0 Å². The Hall–Kier alpha value is -6.30. The van der Waals surface area contributed by atoms with E-state index in [4.69, 9.17) is 29.2 Å². The van der Waals surface area contributed by atoms with Crippen LogP contribution in [0.1, 0.15) is 72.4 Å². The summed E-state index contributed by atoms with van der Waals surface area (Å²) in [5.41, 5.74) is 2.04. The normalized spacial score (nSPS) is 10.4. The van der Waals surface area contributed by atoms with E-state index < -0.39 is 17.9 Å². The number of carbonyl (C=O) groups excluding carboxylic acids is 4. The van der Waals surface area contributed by atoms with Crippen LogP contribution in [0.25, 0.3) is 0 Å². The Morgan fingerprint density at radius 1 is 0.500 bits per heavy atom. The summed E-state index contributed by atoms with van der Waals surface area (Å²) in [6.45, 7) is 7.35. The molecule has 4 aromatic rings. The monoisotopic (exact) mass is 658 g/mol. The molecule has 0 aromatic heterocycles. The maximum atomic E-state index is 11.3. The van der Waals surface area contributed by atoms with Crippen molar-refractivity contribution in [3.8, 4) is 23.0 Å². The molecule has 0 saturated heterocycles. The first-order chi connectivity index (χ1) is 22.7. The molecule has 0 heterocycles. The standard InChI is InChI=1S/C18H18O4.C10H10O4.C8H6O4/c1-12(15-7-5-4-6-8-15)17-11-16(21-13(2)19)9-10-18(17)22-14(3)20;1-7(11)13-9-3-5-10(6-4-9)14-8(2)12;9-7(10)5-1-2-6(4-3-5)8(11)12/h4-12H,1-3H3;3-6H,1-2H3;1-4H,(H,9,10)(H,11,12). The van der Waals surface area contributed by atoms with Gasteiger partial charge in [-0.15, -0.1) is 0 Å². The highest BCUT2D eigenvalue weighted by Gasteiger charge is 2.17. The summed E-state index contributed by atoms with van der Waals surface area (Å²) in [5.74, 6) is -1.93. The molecule has 250 valence electrons. The van der Waals surface area contributed by atoms with Crippen molar-refractivity contribution in [3.63, 3.8) is 0 Å². The molecule has 12 heteroatoms. The van der Waals surface area contributed by atoms with E-state index >= 15 is 0 Å².